The molecule has 2 aromatic rings. The zero-order valence-electron chi connectivity index (χ0n) is 15.4. The number of nitrogens with one attached hydrogen (secondary N) is 1. The van der Waals surface area contributed by atoms with Crippen LogP contribution in [0.1, 0.15) is 31.2 Å². The van der Waals surface area contributed by atoms with Gasteiger partial charge in [0.15, 0.2) is 0 Å². The second-order valence-corrected chi connectivity index (χ2v) is 9.55. The van der Waals surface area contributed by atoms with Crippen LogP contribution < -0.4 is 5.32 Å². The number of piperidine rings is 1. The predicted molar refractivity (Wildman–Crippen MR) is 106 cm³/mol. The van der Waals surface area contributed by atoms with Crippen LogP contribution in [0.4, 0.5) is 5.95 Å². The lowest BCUT2D eigenvalue weighted by atomic mass is 9.92. The second-order valence-electron chi connectivity index (χ2n) is 7.56. The molecule has 3 atom stereocenters. The van der Waals surface area contributed by atoms with Crippen molar-refractivity contribution in [2.45, 2.75) is 44.2 Å². The molecule has 4 rings (SSSR count). The van der Waals surface area contributed by atoms with Gasteiger partial charge in [0.2, 0.25) is 16.0 Å². The Bertz CT molecular complexity index is 831. The average molecular weight is 387 g/mol. The third kappa shape index (κ3) is 4.30. The standard InChI is InChI=1S/C20H26N4O2S/c25-27(26,12-9-16-5-2-1-3-6-16)24-18-7-8-19(24)14-17(13-18)15-23-20-21-10-4-11-22-20/h1-6,10-11,17-19H,7-9,12-15H2,(H,21,22,23)/t17?,18-,19+. The van der Waals surface area contributed by atoms with Crippen molar-refractivity contribution in [1.82, 2.24) is 14.3 Å². The third-order valence-corrected chi connectivity index (χ3v) is 7.65. The quantitative estimate of drug-likeness (QED) is 0.792. The average Bonchev–Trinajstić information content (AvgIpc) is 2.99. The lowest BCUT2D eigenvalue weighted by Crippen LogP contribution is -2.48. The first-order valence-electron chi connectivity index (χ1n) is 9.68. The van der Waals surface area contributed by atoms with Crippen LogP contribution in [0.5, 0.6) is 0 Å². The molecule has 0 aliphatic carbocycles. The lowest BCUT2D eigenvalue weighted by Gasteiger charge is -2.38. The molecule has 1 aromatic heterocycles. The van der Waals surface area contributed by atoms with E-state index in [2.05, 4.69) is 15.3 Å². The fourth-order valence-corrected chi connectivity index (χ4v) is 6.49. The van der Waals surface area contributed by atoms with Gasteiger partial charge in [-0.15, -0.1) is 0 Å². The zero-order valence-corrected chi connectivity index (χ0v) is 16.2. The van der Waals surface area contributed by atoms with Gasteiger partial charge in [-0.1, -0.05) is 30.3 Å². The molecule has 6 nitrogen and oxygen atoms in total. The molecule has 2 aliphatic rings. The van der Waals surface area contributed by atoms with Gasteiger partial charge in [0.25, 0.3) is 0 Å². The van der Waals surface area contributed by atoms with Crippen LogP contribution in [0.2, 0.25) is 0 Å². The van der Waals surface area contributed by atoms with Crippen LogP contribution in [0.15, 0.2) is 48.8 Å². The van der Waals surface area contributed by atoms with Crippen LogP contribution in [-0.2, 0) is 16.4 Å². The van der Waals surface area contributed by atoms with Crippen molar-refractivity contribution < 1.29 is 8.42 Å². The minimum atomic E-state index is -3.22. The Kier molecular flexibility index (Phi) is 5.41. The number of hydrogen-bond acceptors (Lipinski definition) is 5. The summed E-state index contributed by atoms with van der Waals surface area (Å²) >= 11 is 0. The third-order valence-electron chi connectivity index (χ3n) is 5.69. The van der Waals surface area contributed by atoms with Gasteiger partial charge >= 0.3 is 0 Å². The maximum absolute atomic E-state index is 13.0. The highest BCUT2D eigenvalue weighted by atomic mass is 32.2. The second kappa shape index (κ2) is 7.94. The number of aromatic nitrogens is 2. The van der Waals surface area contributed by atoms with Crippen molar-refractivity contribution in [3.63, 3.8) is 0 Å². The minimum Gasteiger partial charge on any atom is -0.354 e. The molecule has 2 bridgehead atoms. The Morgan fingerprint density at radius 3 is 2.33 bits per heavy atom. The van der Waals surface area contributed by atoms with E-state index in [1.807, 2.05) is 34.6 Å². The molecule has 2 aliphatic heterocycles. The molecule has 1 N–H and O–H groups in total. The monoisotopic (exact) mass is 386 g/mol. The number of anilines is 1. The highest BCUT2D eigenvalue weighted by Crippen LogP contribution is 2.40. The molecule has 2 fully saturated rings. The molecule has 144 valence electrons. The van der Waals surface area contributed by atoms with E-state index in [0.29, 0.717) is 18.3 Å². The van der Waals surface area contributed by atoms with Gasteiger partial charge in [-0.2, -0.15) is 4.31 Å². The number of rotatable bonds is 7. The van der Waals surface area contributed by atoms with Crippen molar-refractivity contribution in [2.75, 3.05) is 17.6 Å². The predicted octanol–water partition coefficient (Wildman–Crippen LogP) is 2.70. The van der Waals surface area contributed by atoms with Crippen molar-refractivity contribution in [3.8, 4) is 0 Å². The number of hydrogen-bond donors (Lipinski definition) is 1. The maximum atomic E-state index is 13.0. The fraction of sp³-hybridized carbons (Fsp3) is 0.500. The largest absolute Gasteiger partial charge is 0.354 e. The Balaban J connectivity index is 1.35. The van der Waals surface area contributed by atoms with E-state index < -0.39 is 10.0 Å². The maximum Gasteiger partial charge on any atom is 0.222 e. The summed E-state index contributed by atoms with van der Waals surface area (Å²) in [4.78, 5) is 8.39. The van der Waals surface area contributed by atoms with Gasteiger partial charge in [-0.05, 0) is 49.7 Å². The molecule has 0 spiro atoms. The summed E-state index contributed by atoms with van der Waals surface area (Å²) in [5, 5.41) is 3.29. The first kappa shape index (κ1) is 18.4. The number of sulfonamides is 1. The molecule has 0 radical (unpaired) electrons. The highest BCUT2D eigenvalue weighted by Gasteiger charge is 2.46. The van der Waals surface area contributed by atoms with Crippen molar-refractivity contribution in [1.29, 1.82) is 0 Å². The summed E-state index contributed by atoms with van der Waals surface area (Å²) in [6.45, 7) is 0.801. The first-order valence-corrected chi connectivity index (χ1v) is 11.3. The van der Waals surface area contributed by atoms with E-state index >= 15 is 0 Å². The van der Waals surface area contributed by atoms with Gasteiger partial charge in [0, 0.05) is 31.0 Å². The fourth-order valence-electron chi connectivity index (χ4n) is 4.49. The SMILES string of the molecule is O=S(=O)(CCc1ccccc1)N1[C@@H]2CC[C@H]1CC(CNc1ncccn1)C2. The summed E-state index contributed by atoms with van der Waals surface area (Å²) < 4.78 is 27.8. The Hall–Kier alpha value is -1.99. The van der Waals surface area contributed by atoms with Gasteiger partial charge in [-0.25, -0.2) is 18.4 Å². The van der Waals surface area contributed by atoms with Crippen LogP contribution in [0.3, 0.4) is 0 Å². The van der Waals surface area contributed by atoms with Gasteiger partial charge in [-0.3, -0.25) is 0 Å². The van der Waals surface area contributed by atoms with Crippen molar-refractivity contribution in [2.24, 2.45) is 5.92 Å². The van der Waals surface area contributed by atoms with E-state index in [1.54, 1.807) is 18.5 Å². The summed E-state index contributed by atoms with van der Waals surface area (Å²) in [5.74, 6) is 1.31. The van der Waals surface area contributed by atoms with Gasteiger partial charge < -0.3 is 5.32 Å². The molecule has 3 heterocycles. The molecule has 7 heteroatoms. The highest BCUT2D eigenvalue weighted by molar-refractivity contribution is 7.89. The number of benzene rings is 1. The number of nitrogens with zero attached hydrogens (tertiary/aromatic N) is 3. The smallest absolute Gasteiger partial charge is 0.222 e. The Labute approximate surface area is 161 Å². The van der Waals surface area contributed by atoms with Crippen molar-refractivity contribution >= 4 is 16.0 Å². The Morgan fingerprint density at radius 2 is 1.67 bits per heavy atom. The summed E-state index contributed by atoms with van der Waals surface area (Å²) in [7, 11) is -3.22. The van der Waals surface area contributed by atoms with Gasteiger partial charge in [0.1, 0.15) is 0 Å². The summed E-state index contributed by atoms with van der Waals surface area (Å²) in [5.41, 5.74) is 1.08. The molecule has 2 saturated heterocycles. The van der Waals surface area contributed by atoms with Crippen LogP contribution in [0, 0.1) is 5.92 Å². The first-order chi connectivity index (χ1) is 13.1. The van der Waals surface area contributed by atoms with E-state index in [4.69, 9.17) is 0 Å². The number of aryl methyl sites for hydroxylation is 1. The van der Waals surface area contributed by atoms with Gasteiger partial charge in [0.05, 0.1) is 5.75 Å². The number of fused-ring (bicyclic) bond motifs is 2. The normalized spacial score (nSPS) is 25.4. The van der Waals surface area contributed by atoms with E-state index in [0.717, 1.165) is 37.8 Å². The summed E-state index contributed by atoms with van der Waals surface area (Å²) in [6.07, 6.45) is 7.82. The lowest BCUT2D eigenvalue weighted by molar-refractivity contribution is 0.197. The summed E-state index contributed by atoms with van der Waals surface area (Å²) in [6, 6.07) is 11.9. The molecular formula is C20H26N4O2S. The molecule has 0 saturated carbocycles. The minimum absolute atomic E-state index is 0.146. The molecule has 27 heavy (non-hydrogen) atoms. The topological polar surface area (TPSA) is 75.2 Å². The van der Waals surface area contributed by atoms with E-state index in [1.165, 1.54) is 0 Å². The van der Waals surface area contributed by atoms with Crippen LogP contribution in [0.25, 0.3) is 0 Å². The van der Waals surface area contributed by atoms with Crippen molar-refractivity contribution in [3.05, 3.63) is 54.4 Å². The molecule has 1 unspecified atom stereocenters. The molecule has 1 aromatic carbocycles. The van der Waals surface area contributed by atoms with E-state index in [-0.39, 0.29) is 17.8 Å². The molecular weight excluding hydrogens is 360 g/mol. The molecule has 0 amide bonds. The van der Waals surface area contributed by atoms with E-state index in [9.17, 15) is 8.42 Å². The Morgan fingerprint density at radius 1 is 1.00 bits per heavy atom. The van der Waals surface area contributed by atoms with Crippen LogP contribution >= 0.6 is 0 Å². The zero-order chi connectivity index (χ0) is 18.7. The van der Waals surface area contributed by atoms with Crippen LogP contribution in [-0.4, -0.2) is 47.1 Å².